The second kappa shape index (κ2) is 6.66. The molecule has 1 aromatic heterocycles. The Morgan fingerprint density at radius 2 is 1.52 bits per heavy atom. The fourth-order valence-electron chi connectivity index (χ4n) is 2.69. The number of benzene rings is 1. The molecule has 0 saturated heterocycles. The number of aryl methyl sites for hydroxylation is 2. The van der Waals surface area contributed by atoms with Crippen molar-refractivity contribution in [2.45, 2.75) is 54.4 Å². The van der Waals surface area contributed by atoms with Crippen LogP contribution in [0.15, 0.2) is 12.1 Å². The van der Waals surface area contributed by atoms with Crippen LogP contribution in [0.2, 0.25) is 0 Å². The van der Waals surface area contributed by atoms with Gasteiger partial charge in [0.1, 0.15) is 0 Å². The molecule has 0 unspecified atom stereocenters. The number of nitrogens with zero attached hydrogens (tertiary/aromatic N) is 2. The normalized spacial score (nSPS) is 10.5. The third-order valence-electron chi connectivity index (χ3n) is 3.55. The summed E-state index contributed by atoms with van der Waals surface area (Å²) in [7, 11) is 0. The van der Waals surface area contributed by atoms with Crippen molar-refractivity contribution in [2.24, 2.45) is 0 Å². The SMILES string of the molecule is CC.Cc1cc(N)c(N)cc1-n1nc(C)c(C(C)C)c1C. The van der Waals surface area contributed by atoms with Crippen molar-refractivity contribution < 1.29 is 0 Å². The molecule has 0 spiro atoms. The van der Waals surface area contributed by atoms with Gasteiger partial charge < -0.3 is 11.5 Å². The maximum Gasteiger partial charge on any atom is 0.0700 e. The van der Waals surface area contributed by atoms with Gasteiger partial charge in [0.05, 0.1) is 22.8 Å². The van der Waals surface area contributed by atoms with Crippen LogP contribution in [0.4, 0.5) is 11.4 Å². The molecule has 1 heterocycles. The van der Waals surface area contributed by atoms with Crippen molar-refractivity contribution in [3.63, 3.8) is 0 Å². The zero-order valence-electron chi connectivity index (χ0n) is 14.3. The lowest BCUT2D eigenvalue weighted by molar-refractivity contribution is 0.818. The molecule has 0 aliphatic heterocycles. The van der Waals surface area contributed by atoms with E-state index in [2.05, 4.69) is 32.8 Å². The second-order valence-corrected chi connectivity index (χ2v) is 5.42. The predicted molar refractivity (Wildman–Crippen MR) is 92.0 cm³/mol. The summed E-state index contributed by atoms with van der Waals surface area (Å²) in [6.07, 6.45) is 0. The van der Waals surface area contributed by atoms with Crippen LogP contribution in [0.3, 0.4) is 0 Å². The lowest BCUT2D eigenvalue weighted by atomic mass is 10.0. The Hall–Kier alpha value is -1.97. The average Bonchev–Trinajstić information content (AvgIpc) is 2.71. The Morgan fingerprint density at radius 1 is 1.00 bits per heavy atom. The van der Waals surface area contributed by atoms with E-state index in [1.807, 2.05) is 37.6 Å². The lowest BCUT2D eigenvalue weighted by Gasteiger charge is -2.12. The van der Waals surface area contributed by atoms with E-state index in [0.29, 0.717) is 17.3 Å². The Bertz CT molecular complexity index is 624. The highest BCUT2D eigenvalue weighted by molar-refractivity contribution is 5.69. The summed E-state index contributed by atoms with van der Waals surface area (Å²) in [6.45, 7) is 14.5. The Balaban J connectivity index is 0.00000106. The molecule has 0 aliphatic carbocycles. The molecule has 4 N–H and O–H groups in total. The molecule has 0 radical (unpaired) electrons. The zero-order chi connectivity index (χ0) is 16.3. The summed E-state index contributed by atoms with van der Waals surface area (Å²) in [4.78, 5) is 0. The molecular formula is C17H28N4. The number of aromatic nitrogens is 2. The summed E-state index contributed by atoms with van der Waals surface area (Å²) in [6, 6.07) is 3.80. The second-order valence-electron chi connectivity index (χ2n) is 5.42. The first kappa shape index (κ1) is 17.1. The average molecular weight is 288 g/mol. The largest absolute Gasteiger partial charge is 0.397 e. The van der Waals surface area contributed by atoms with Gasteiger partial charge in [-0.2, -0.15) is 5.10 Å². The van der Waals surface area contributed by atoms with Gasteiger partial charge in [0, 0.05) is 5.69 Å². The standard InChI is InChI=1S/C15H22N4.C2H6/c1-8(2)15-10(4)18-19(11(15)5)14-7-13(17)12(16)6-9(14)3;1-2/h6-8H,16-17H2,1-5H3;1-2H3. The first-order chi connectivity index (χ1) is 9.82. The van der Waals surface area contributed by atoms with Crippen molar-refractivity contribution in [3.8, 4) is 5.69 Å². The summed E-state index contributed by atoms with van der Waals surface area (Å²) in [5, 5.41) is 4.65. The van der Waals surface area contributed by atoms with E-state index in [0.717, 1.165) is 16.9 Å². The van der Waals surface area contributed by atoms with E-state index in [4.69, 9.17) is 11.5 Å². The van der Waals surface area contributed by atoms with E-state index in [1.165, 1.54) is 11.3 Å². The van der Waals surface area contributed by atoms with Crippen LogP contribution < -0.4 is 11.5 Å². The van der Waals surface area contributed by atoms with E-state index < -0.39 is 0 Å². The third-order valence-corrected chi connectivity index (χ3v) is 3.55. The Labute approximate surface area is 128 Å². The van der Waals surface area contributed by atoms with Crippen molar-refractivity contribution in [1.82, 2.24) is 9.78 Å². The minimum atomic E-state index is 0.459. The molecule has 2 aromatic rings. The van der Waals surface area contributed by atoms with Crippen LogP contribution in [0, 0.1) is 20.8 Å². The monoisotopic (exact) mass is 288 g/mol. The molecule has 2 rings (SSSR count). The molecule has 0 saturated carbocycles. The highest BCUT2D eigenvalue weighted by Gasteiger charge is 2.17. The fraction of sp³-hybridized carbons (Fsp3) is 0.471. The van der Waals surface area contributed by atoms with Gasteiger partial charge in [-0.3, -0.25) is 0 Å². The molecule has 1 aromatic carbocycles. The van der Waals surface area contributed by atoms with E-state index >= 15 is 0 Å². The van der Waals surface area contributed by atoms with Crippen molar-refractivity contribution in [2.75, 3.05) is 11.5 Å². The zero-order valence-corrected chi connectivity index (χ0v) is 14.3. The number of nitrogens with two attached hydrogens (primary N) is 2. The summed E-state index contributed by atoms with van der Waals surface area (Å²) < 4.78 is 1.97. The van der Waals surface area contributed by atoms with Crippen LogP contribution in [0.1, 0.15) is 56.1 Å². The molecule has 21 heavy (non-hydrogen) atoms. The number of hydrogen-bond acceptors (Lipinski definition) is 3. The molecule has 4 nitrogen and oxygen atoms in total. The molecule has 0 bridgehead atoms. The molecule has 0 aliphatic rings. The van der Waals surface area contributed by atoms with Gasteiger partial charge >= 0.3 is 0 Å². The summed E-state index contributed by atoms with van der Waals surface area (Å²) in [5.41, 5.74) is 18.6. The number of anilines is 2. The van der Waals surface area contributed by atoms with Gasteiger partial charge in [0.2, 0.25) is 0 Å². The predicted octanol–water partition coefficient (Wildman–Crippen LogP) is 4.11. The van der Waals surface area contributed by atoms with Gasteiger partial charge in [-0.05, 0) is 49.9 Å². The first-order valence-electron chi connectivity index (χ1n) is 7.55. The van der Waals surface area contributed by atoms with Crippen LogP contribution in [0.25, 0.3) is 5.69 Å². The Kier molecular flexibility index (Phi) is 5.41. The van der Waals surface area contributed by atoms with Crippen LogP contribution in [-0.2, 0) is 0 Å². The van der Waals surface area contributed by atoms with Gasteiger partial charge in [0.25, 0.3) is 0 Å². The van der Waals surface area contributed by atoms with E-state index in [9.17, 15) is 0 Å². The van der Waals surface area contributed by atoms with Crippen LogP contribution in [-0.4, -0.2) is 9.78 Å². The van der Waals surface area contributed by atoms with E-state index in [1.54, 1.807) is 0 Å². The topological polar surface area (TPSA) is 69.9 Å². The summed E-state index contributed by atoms with van der Waals surface area (Å²) in [5.74, 6) is 0.459. The van der Waals surface area contributed by atoms with Crippen LogP contribution >= 0.6 is 0 Å². The smallest absolute Gasteiger partial charge is 0.0700 e. The van der Waals surface area contributed by atoms with Crippen LogP contribution in [0.5, 0.6) is 0 Å². The molecule has 0 atom stereocenters. The van der Waals surface area contributed by atoms with Gasteiger partial charge in [-0.25, -0.2) is 4.68 Å². The van der Waals surface area contributed by atoms with Crippen molar-refractivity contribution in [3.05, 3.63) is 34.6 Å². The molecule has 4 heteroatoms. The minimum Gasteiger partial charge on any atom is -0.397 e. The molecule has 0 amide bonds. The molecular weight excluding hydrogens is 260 g/mol. The fourth-order valence-corrected chi connectivity index (χ4v) is 2.69. The first-order valence-corrected chi connectivity index (χ1v) is 7.55. The Morgan fingerprint density at radius 3 is 2.00 bits per heavy atom. The van der Waals surface area contributed by atoms with Crippen molar-refractivity contribution >= 4 is 11.4 Å². The highest BCUT2D eigenvalue weighted by Crippen LogP contribution is 2.28. The maximum absolute atomic E-state index is 5.92. The number of nitrogen functional groups attached to an aromatic ring is 2. The number of hydrogen-bond donors (Lipinski definition) is 2. The molecule has 116 valence electrons. The van der Waals surface area contributed by atoms with Gasteiger partial charge in [0.15, 0.2) is 0 Å². The lowest BCUT2D eigenvalue weighted by Crippen LogP contribution is -2.05. The van der Waals surface area contributed by atoms with Gasteiger partial charge in [-0.1, -0.05) is 27.7 Å². The molecule has 0 fully saturated rings. The maximum atomic E-state index is 5.92. The summed E-state index contributed by atoms with van der Waals surface area (Å²) >= 11 is 0. The highest BCUT2D eigenvalue weighted by atomic mass is 15.3. The number of rotatable bonds is 2. The van der Waals surface area contributed by atoms with Crippen molar-refractivity contribution in [1.29, 1.82) is 0 Å². The third kappa shape index (κ3) is 3.20. The van der Waals surface area contributed by atoms with Gasteiger partial charge in [-0.15, -0.1) is 0 Å². The quantitative estimate of drug-likeness (QED) is 0.817. The minimum absolute atomic E-state index is 0.459. The van der Waals surface area contributed by atoms with E-state index in [-0.39, 0.29) is 0 Å².